The van der Waals surface area contributed by atoms with Crippen LogP contribution in [-0.4, -0.2) is 40.0 Å². The lowest BCUT2D eigenvalue weighted by molar-refractivity contribution is 0.0240. The summed E-state index contributed by atoms with van der Waals surface area (Å²) in [5.74, 6) is -0.697. The van der Waals surface area contributed by atoms with E-state index in [1.54, 1.807) is 29.2 Å². The molecule has 2 amide bonds. The quantitative estimate of drug-likeness (QED) is 0.412. The van der Waals surface area contributed by atoms with Gasteiger partial charge in [0, 0.05) is 17.6 Å². The Kier molecular flexibility index (Phi) is 7.04. The number of alkyl halides is 3. The number of nitrogens with one attached hydrogen (secondary N) is 1. The number of esters is 1. The molecule has 1 aromatic carbocycles. The molecule has 1 heterocycles. The van der Waals surface area contributed by atoms with Gasteiger partial charge in [-0.05, 0) is 43.5 Å². The zero-order valence-electron chi connectivity index (χ0n) is 12.6. The summed E-state index contributed by atoms with van der Waals surface area (Å²) in [5.41, 5.74) is 0.282. The molecule has 2 rings (SSSR count). The van der Waals surface area contributed by atoms with Crippen molar-refractivity contribution in [1.82, 2.24) is 10.2 Å². The molecule has 1 N–H and O–H groups in total. The van der Waals surface area contributed by atoms with Crippen molar-refractivity contribution in [2.75, 3.05) is 13.1 Å². The van der Waals surface area contributed by atoms with Gasteiger partial charge >= 0.3 is 12.0 Å². The van der Waals surface area contributed by atoms with Gasteiger partial charge in [-0.3, -0.25) is 5.32 Å². The average molecular weight is 459 g/mol. The highest BCUT2D eigenvalue weighted by Gasteiger charge is 2.38. The van der Waals surface area contributed by atoms with E-state index in [1.165, 1.54) is 0 Å². The highest BCUT2D eigenvalue weighted by molar-refractivity contribution is 9.10. The molecule has 0 aliphatic carbocycles. The van der Waals surface area contributed by atoms with Gasteiger partial charge in [-0.15, -0.1) is 0 Å². The molecule has 1 aliphatic heterocycles. The lowest BCUT2D eigenvalue weighted by Crippen LogP contribution is -2.52. The number of hydrogen-bond acceptors (Lipinski definition) is 3. The third kappa shape index (κ3) is 5.69. The summed E-state index contributed by atoms with van der Waals surface area (Å²) in [6.45, 7) is 1.25. The van der Waals surface area contributed by atoms with Gasteiger partial charge in [0.05, 0.1) is 5.56 Å². The van der Waals surface area contributed by atoms with Gasteiger partial charge in [0.1, 0.15) is 0 Å². The van der Waals surface area contributed by atoms with E-state index in [-0.39, 0.29) is 5.56 Å². The first-order valence-corrected chi connectivity index (χ1v) is 9.29. The number of nitrogens with zero attached hydrogens (tertiary/aromatic N) is 1. The van der Waals surface area contributed by atoms with Gasteiger partial charge in [-0.25, -0.2) is 9.59 Å². The summed E-state index contributed by atoms with van der Waals surface area (Å²) in [5, 5.41) is 2.48. The number of ether oxygens (including phenoxy) is 1. The first-order chi connectivity index (χ1) is 11.3. The van der Waals surface area contributed by atoms with Gasteiger partial charge in [0.2, 0.25) is 10.0 Å². The van der Waals surface area contributed by atoms with E-state index in [4.69, 9.17) is 39.5 Å². The third-order valence-corrected chi connectivity index (χ3v) is 4.62. The molecule has 1 aliphatic rings. The zero-order valence-corrected chi connectivity index (χ0v) is 16.5. The summed E-state index contributed by atoms with van der Waals surface area (Å²) >= 11 is 20.8. The van der Waals surface area contributed by atoms with Crippen molar-refractivity contribution in [3.8, 4) is 0 Å². The Bertz CT molecular complexity index is 587. The van der Waals surface area contributed by atoms with Crippen molar-refractivity contribution in [3.63, 3.8) is 0 Å². The molecule has 1 fully saturated rings. The minimum atomic E-state index is -1.99. The zero-order chi connectivity index (χ0) is 17.7. The van der Waals surface area contributed by atoms with Crippen LogP contribution in [0.1, 0.15) is 29.6 Å². The molecule has 1 saturated heterocycles. The van der Waals surface area contributed by atoms with Gasteiger partial charge in [-0.2, -0.15) is 0 Å². The molecular weight excluding hydrogens is 442 g/mol. The topological polar surface area (TPSA) is 58.6 Å². The van der Waals surface area contributed by atoms with Crippen molar-refractivity contribution in [2.24, 2.45) is 0 Å². The maximum atomic E-state index is 12.3. The smallest absolute Gasteiger partial charge is 0.340 e. The van der Waals surface area contributed by atoms with E-state index in [9.17, 15) is 9.59 Å². The van der Waals surface area contributed by atoms with Gasteiger partial charge < -0.3 is 9.64 Å². The molecule has 0 saturated carbocycles. The summed E-state index contributed by atoms with van der Waals surface area (Å²) in [7, 11) is 0. The largest absolute Gasteiger partial charge is 0.433 e. The number of carbonyl (C=O) groups is 2. The van der Waals surface area contributed by atoms with E-state index in [0.29, 0.717) is 13.1 Å². The normalized spacial score (nSPS) is 16.4. The number of urea groups is 1. The van der Waals surface area contributed by atoms with E-state index in [1.807, 2.05) is 0 Å². The van der Waals surface area contributed by atoms with E-state index in [2.05, 4.69) is 21.2 Å². The van der Waals surface area contributed by atoms with Gasteiger partial charge in [0.25, 0.3) is 0 Å². The number of likely N-dealkylation sites (tertiary alicyclic amines) is 1. The van der Waals surface area contributed by atoms with Crippen molar-refractivity contribution in [2.45, 2.75) is 29.3 Å². The van der Waals surface area contributed by atoms with Gasteiger partial charge in [0.15, 0.2) is 0 Å². The van der Waals surface area contributed by atoms with Crippen LogP contribution in [-0.2, 0) is 4.74 Å². The molecule has 24 heavy (non-hydrogen) atoms. The highest BCUT2D eigenvalue weighted by atomic mass is 79.9. The third-order valence-electron chi connectivity index (χ3n) is 3.50. The van der Waals surface area contributed by atoms with Crippen molar-refractivity contribution < 1.29 is 14.3 Å². The Morgan fingerprint density at radius 2 is 1.71 bits per heavy atom. The lowest BCUT2D eigenvalue weighted by Gasteiger charge is -2.31. The van der Waals surface area contributed by atoms with Crippen LogP contribution in [0.25, 0.3) is 0 Å². The fourth-order valence-corrected chi connectivity index (χ4v) is 2.80. The summed E-state index contributed by atoms with van der Waals surface area (Å²) in [6, 6.07) is 6.08. The molecule has 9 heteroatoms. The minimum absolute atomic E-state index is 0.282. The fraction of sp³-hybridized carbons (Fsp3) is 0.467. The number of benzene rings is 1. The van der Waals surface area contributed by atoms with Crippen molar-refractivity contribution in [1.29, 1.82) is 0 Å². The number of piperidine rings is 1. The molecule has 1 aromatic rings. The highest BCUT2D eigenvalue weighted by Crippen LogP contribution is 2.31. The Hall–Kier alpha value is -0.690. The second kappa shape index (κ2) is 8.61. The van der Waals surface area contributed by atoms with E-state index in [0.717, 1.165) is 23.7 Å². The monoisotopic (exact) mass is 456 g/mol. The summed E-state index contributed by atoms with van der Waals surface area (Å²) in [4.78, 5) is 26.1. The van der Waals surface area contributed by atoms with Crippen LogP contribution < -0.4 is 5.32 Å². The van der Waals surface area contributed by atoms with Crippen LogP contribution >= 0.6 is 50.7 Å². The maximum absolute atomic E-state index is 12.3. The van der Waals surface area contributed by atoms with Crippen molar-refractivity contribution >= 4 is 62.7 Å². The number of carbonyl (C=O) groups excluding carboxylic acids is 2. The molecular formula is C15H16BrCl3N2O3. The van der Waals surface area contributed by atoms with Crippen LogP contribution in [0.2, 0.25) is 0 Å². The van der Waals surface area contributed by atoms with Crippen LogP contribution in [0.5, 0.6) is 0 Å². The standard InChI is InChI=1S/C15H16BrCl3N2O3/c16-11-6-4-10(5-7-11)12(22)24-13(15(17,18)19)20-14(23)21-8-2-1-3-9-21/h4-7,13H,1-3,8-9H2,(H,20,23). The van der Waals surface area contributed by atoms with Gasteiger partial charge in [-0.1, -0.05) is 50.7 Å². The minimum Gasteiger partial charge on any atom is -0.433 e. The Morgan fingerprint density at radius 3 is 2.25 bits per heavy atom. The first kappa shape index (κ1) is 19.6. The SMILES string of the molecule is O=C(OC(NC(=O)N1CCCCC1)C(Cl)(Cl)Cl)c1ccc(Br)cc1. The predicted octanol–water partition coefficient (Wildman–Crippen LogP) is 4.50. The van der Waals surface area contributed by atoms with Crippen LogP contribution in [0.3, 0.4) is 0 Å². The maximum Gasteiger partial charge on any atom is 0.340 e. The van der Waals surface area contributed by atoms with Crippen LogP contribution in [0.4, 0.5) is 4.79 Å². The first-order valence-electron chi connectivity index (χ1n) is 7.36. The molecule has 0 bridgehead atoms. The molecule has 1 atom stereocenters. The fourth-order valence-electron chi connectivity index (χ4n) is 2.24. The van der Waals surface area contributed by atoms with E-state index >= 15 is 0 Å². The number of amides is 2. The number of hydrogen-bond donors (Lipinski definition) is 1. The Balaban J connectivity index is 2.03. The molecule has 0 spiro atoms. The predicted molar refractivity (Wildman–Crippen MR) is 97.6 cm³/mol. The van der Waals surface area contributed by atoms with Crippen LogP contribution in [0, 0.1) is 0 Å². The molecule has 1 unspecified atom stereocenters. The van der Waals surface area contributed by atoms with E-state index < -0.39 is 22.0 Å². The summed E-state index contributed by atoms with van der Waals surface area (Å²) < 4.78 is 4.02. The molecule has 0 aromatic heterocycles. The van der Waals surface area contributed by atoms with Crippen molar-refractivity contribution in [3.05, 3.63) is 34.3 Å². The average Bonchev–Trinajstić information content (AvgIpc) is 2.54. The molecule has 0 radical (unpaired) electrons. The molecule has 132 valence electrons. The number of halogens is 4. The summed E-state index contributed by atoms with van der Waals surface area (Å²) in [6.07, 6.45) is 1.53. The van der Waals surface area contributed by atoms with Crippen LogP contribution in [0.15, 0.2) is 28.7 Å². The lowest BCUT2D eigenvalue weighted by atomic mass is 10.1. The second-order valence-corrected chi connectivity index (χ2v) is 8.62. The Morgan fingerprint density at radius 1 is 1.12 bits per heavy atom. The number of rotatable bonds is 3. The molecule has 5 nitrogen and oxygen atoms in total. The Labute approximate surface area is 163 Å². The second-order valence-electron chi connectivity index (χ2n) is 5.33.